The standard InChI is InChI=1S/C22H26N4O5/c1-29-11-9-26-19(22(28)30-2)18(25-21(27)17-8-5-10-31-17)16-12-15(13-23-20(16)26)24-14-6-3-4-7-14/h5,8,10,12-14,24H,3-4,6-7,9,11H2,1-2H3,(H,25,27). The van der Waals surface area contributed by atoms with Gasteiger partial charge in [-0.25, -0.2) is 9.78 Å². The number of esters is 1. The van der Waals surface area contributed by atoms with Gasteiger partial charge in [-0.15, -0.1) is 0 Å². The fourth-order valence-corrected chi connectivity index (χ4v) is 4.03. The maximum Gasteiger partial charge on any atom is 0.356 e. The number of amides is 1. The van der Waals surface area contributed by atoms with Crippen molar-refractivity contribution in [3.63, 3.8) is 0 Å². The minimum absolute atomic E-state index is 0.141. The van der Waals surface area contributed by atoms with Crippen molar-refractivity contribution in [2.45, 2.75) is 38.3 Å². The van der Waals surface area contributed by atoms with Gasteiger partial charge in [-0.3, -0.25) is 4.79 Å². The summed E-state index contributed by atoms with van der Waals surface area (Å²) in [6.07, 6.45) is 7.81. The highest BCUT2D eigenvalue weighted by Crippen LogP contribution is 2.34. The first-order valence-corrected chi connectivity index (χ1v) is 10.3. The van der Waals surface area contributed by atoms with E-state index in [2.05, 4.69) is 15.6 Å². The summed E-state index contributed by atoms with van der Waals surface area (Å²) in [5.41, 5.74) is 1.94. The average molecular weight is 426 g/mol. The van der Waals surface area contributed by atoms with Crippen molar-refractivity contribution in [1.29, 1.82) is 0 Å². The number of anilines is 2. The Morgan fingerprint density at radius 2 is 2.10 bits per heavy atom. The molecule has 164 valence electrons. The Labute approximate surface area is 179 Å². The fraction of sp³-hybridized carbons (Fsp3) is 0.409. The fourth-order valence-electron chi connectivity index (χ4n) is 4.03. The van der Waals surface area contributed by atoms with Crippen LogP contribution in [0.25, 0.3) is 11.0 Å². The number of carbonyl (C=O) groups excluding carboxylic acids is 2. The first-order chi connectivity index (χ1) is 15.1. The normalized spacial score (nSPS) is 14.1. The van der Waals surface area contributed by atoms with Gasteiger partial charge < -0.3 is 29.1 Å². The summed E-state index contributed by atoms with van der Waals surface area (Å²) in [6.45, 7) is 0.736. The lowest BCUT2D eigenvalue weighted by Gasteiger charge is -2.13. The largest absolute Gasteiger partial charge is 0.464 e. The van der Waals surface area contributed by atoms with E-state index in [-0.39, 0.29) is 11.5 Å². The molecule has 1 saturated carbocycles. The lowest BCUT2D eigenvalue weighted by atomic mass is 10.2. The first-order valence-electron chi connectivity index (χ1n) is 10.3. The summed E-state index contributed by atoms with van der Waals surface area (Å²) in [5.74, 6) is -0.897. The van der Waals surface area contributed by atoms with Crippen LogP contribution in [0.1, 0.15) is 46.7 Å². The summed E-state index contributed by atoms with van der Waals surface area (Å²) in [4.78, 5) is 30.1. The van der Waals surface area contributed by atoms with Gasteiger partial charge in [-0.05, 0) is 31.0 Å². The van der Waals surface area contributed by atoms with Crippen molar-refractivity contribution in [2.24, 2.45) is 0 Å². The van der Waals surface area contributed by atoms with E-state index in [4.69, 9.17) is 13.9 Å². The van der Waals surface area contributed by atoms with Crippen molar-refractivity contribution in [3.05, 3.63) is 42.1 Å². The Kier molecular flexibility index (Phi) is 6.22. The van der Waals surface area contributed by atoms with Gasteiger partial charge in [0.1, 0.15) is 5.65 Å². The lowest BCUT2D eigenvalue weighted by molar-refractivity contribution is 0.0588. The molecule has 0 aromatic carbocycles. The van der Waals surface area contributed by atoms with E-state index in [0.29, 0.717) is 35.9 Å². The molecule has 1 fully saturated rings. The van der Waals surface area contributed by atoms with Crippen LogP contribution in [0, 0.1) is 0 Å². The number of methoxy groups -OCH3 is 2. The maximum absolute atomic E-state index is 12.7. The van der Waals surface area contributed by atoms with Gasteiger partial charge in [0.2, 0.25) is 0 Å². The van der Waals surface area contributed by atoms with Crippen LogP contribution < -0.4 is 10.6 Å². The quantitative estimate of drug-likeness (QED) is 0.529. The van der Waals surface area contributed by atoms with E-state index in [0.717, 1.165) is 18.5 Å². The molecule has 1 aliphatic carbocycles. The van der Waals surface area contributed by atoms with Crippen LogP contribution >= 0.6 is 0 Å². The van der Waals surface area contributed by atoms with Crippen LogP contribution in [-0.4, -0.2) is 48.3 Å². The highest BCUT2D eigenvalue weighted by atomic mass is 16.5. The van der Waals surface area contributed by atoms with E-state index in [1.165, 1.54) is 26.2 Å². The number of carbonyl (C=O) groups is 2. The lowest BCUT2D eigenvalue weighted by Crippen LogP contribution is -2.18. The van der Waals surface area contributed by atoms with Gasteiger partial charge >= 0.3 is 5.97 Å². The van der Waals surface area contributed by atoms with Gasteiger partial charge in [0.15, 0.2) is 11.5 Å². The minimum atomic E-state index is -0.575. The number of furan rings is 1. The van der Waals surface area contributed by atoms with Crippen molar-refractivity contribution in [2.75, 3.05) is 31.5 Å². The Morgan fingerprint density at radius 3 is 2.77 bits per heavy atom. The van der Waals surface area contributed by atoms with Gasteiger partial charge in [0.05, 0.1) is 37.6 Å². The third-order valence-corrected chi connectivity index (χ3v) is 5.51. The molecule has 4 rings (SSSR count). The van der Waals surface area contributed by atoms with Crippen molar-refractivity contribution < 1.29 is 23.5 Å². The molecule has 0 radical (unpaired) electrons. The molecule has 0 saturated heterocycles. The number of hydrogen-bond acceptors (Lipinski definition) is 7. The molecule has 0 unspecified atom stereocenters. The van der Waals surface area contributed by atoms with E-state index in [9.17, 15) is 9.59 Å². The van der Waals surface area contributed by atoms with Crippen molar-refractivity contribution in [1.82, 2.24) is 9.55 Å². The molecule has 2 N–H and O–H groups in total. The number of pyridine rings is 1. The second-order valence-corrected chi connectivity index (χ2v) is 7.51. The summed E-state index contributed by atoms with van der Waals surface area (Å²) in [5, 5.41) is 6.98. The molecule has 0 spiro atoms. The molecular weight excluding hydrogens is 400 g/mol. The Balaban J connectivity index is 1.81. The van der Waals surface area contributed by atoms with Crippen LogP contribution in [0.5, 0.6) is 0 Å². The zero-order valence-corrected chi connectivity index (χ0v) is 17.6. The number of fused-ring (bicyclic) bond motifs is 1. The number of ether oxygens (including phenoxy) is 2. The zero-order valence-electron chi connectivity index (χ0n) is 17.6. The van der Waals surface area contributed by atoms with Gasteiger partial charge in [-0.2, -0.15) is 0 Å². The topological polar surface area (TPSA) is 108 Å². The van der Waals surface area contributed by atoms with E-state index < -0.39 is 11.9 Å². The maximum atomic E-state index is 12.7. The third-order valence-electron chi connectivity index (χ3n) is 5.51. The Hall–Kier alpha value is -3.33. The van der Waals surface area contributed by atoms with Crippen molar-refractivity contribution >= 4 is 34.3 Å². The monoisotopic (exact) mass is 426 g/mol. The van der Waals surface area contributed by atoms with Crippen LogP contribution in [0.15, 0.2) is 35.1 Å². The molecule has 1 amide bonds. The summed E-state index contributed by atoms with van der Waals surface area (Å²) < 4.78 is 17.1. The molecule has 3 aromatic heterocycles. The number of nitrogens with one attached hydrogen (secondary N) is 2. The number of nitrogens with zero attached hydrogens (tertiary/aromatic N) is 2. The molecule has 0 atom stereocenters. The molecule has 3 aromatic rings. The highest BCUT2D eigenvalue weighted by molar-refractivity contribution is 6.14. The molecule has 0 aliphatic heterocycles. The van der Waals surface area contributed by atoms with Gasteiger partial charge in [-0.1, -0.05) is 12.8 Å². The molecule has 31 heavy (non-hydrogen) atoms. The Morgan fingerprint density at radius 1 is 1.29 bits per heavy atom. The Bertz CT molecular complexity index is 1070. The minimum Gasteiger partial charge on any atom is -0.464 e. The SMILES string of the molecule is COCCn1c(C(=O)OC)c(NC(=O)c2ccco2)c2cc(NC3CCCC3)cnc21. The second kappa shape index (κ2) is 9.22. The average Bonchev–Trinajstić information content (AvgIpc) is 3.53. The number of hydrogen-bond donors (Lipinski definition) is 2. The van der Waals surface area contributed by atoms with Crippen LogP contribution in [-0.2, 0) is 16.0 Å². The van der Waals surface area contributed by atoms with Crippen molar-refractivity contribution in [3.8, 4) is 0 Å². The number of rotatable bonds is 8. The second-order valence-electron chi connectivity index (χ2n) is 7.51. The predicted molar refractivity (Wildman–Crippen MR) is 115 cm³/mol. The van der Waals surface area contributed by atoms with E-state index in [1.54, 1.807) is 30.0 Å². The van der Waals surface area contributed by atoms with E-state index in [1.807, 2.05) is 6.07 Å². The molecule has 9 nitrogen and oxygen atoms in total. The zero-order chi connectivity index (χ0) is 21.8. The molecule has 3 heterocycles. The van der Waals surface area contributed by atoms with Crippen LogP contribution in [0.2, 0.25) is 0 Å². The van der Waals surface area contributed by atoms with Gasteiger partial charge in [0.25, 0.3) is 5.91 Å². The molecule has 1 aliphatic rings. The molecule has 9 heteroatoms. The first kappa shape index (κ1) is 20.9. The summed E-state index contributed by atoms with van der Waals surface area (Å²) >= 11 is 0. The molecular formula is C22H26N4O5. The third kappa shape index (κ3) is 4.27. The van der Waals surface area contributed by atoms with Gasteiger partial charge in [0, 0.05) is 25.1 Å². The highest BCUT2D eigenvalue weighted by Gasteiger charge is 2.27. The van der Waals surface area contributed by atoms with Crippen LogP contribution in [0.4, 0.5) is 11.4 Å². The number of aromatic nitrogens is 2. The molecule has 0 bridgehead atoms. The van der Waals surface area contributed by atoms with E-state index >= 15 is 0 Å². The summed E-state index contributed by atoms with van der Waals surface area (Å²) in [6, 6.07) is 5.50. The smallest absolute Gasteiger partial charge is 0.356 e. The predicted octanol–water partition coefficient (Wildman–Crippen LogP) is 3.67. The van der Waals surface area contributed by atoms with Crippen LogP contribution in [0.3, 0.4) is 0 Å². The summed E-state index contributed by atoms with van der Waals surface area (Å²) in [7, 11) is 2.89.